The van der Waals surface area contributed by atoms with E-state index < -0.39 is 17.5 Å². The number of aromatic nitrogens is 6. The maximum atomic E-state index is 13.6. The Morgan fingerprint density at radius 2 is 2.13 bits per heavy atom. The van der Waals surface area contributed by atoms with Crippen LogP contribution in [0.3, 0.4) is 0 Å². The summed E-state index contributed by atoms with van der Waals surface area (Å²) in [6.45, 7) is 0. The molecule has 0 saturated heterocycles. The first kappa shape index (κ1) is 20.6. The predicted octanol–water partition coefficient (Wildman–Crippen LogP) is 3.39. The van der Waals surface area contributed by atoms with Gasteiger partial charge in [0.2, 0.25) is 17.0 Å². The van der Waals surface area contributed by atoms with Gasteiger partial charge in [-0.05, 0) is 24.3 Å². The number of thioether (sulfide) groups is 1. The Labute approximate surface area is 178 Å². The molecule has 12 heteroatoms. The van der Waals surface area contributed by atoms with Crippen LogP contribution in [0.5, 0.6) is 0 Å². The van der Waals surface area contributed by atoms with Gasteiger partial charge in [-0.15, -0.1) is 5.10 Å². The minimum Gasteiger partial charge on any atom is -0.339 e. The van der Waals surface area contributed by atoms with Crippen LogP contribution >= 0.6 is 11.8 Å². The molecule has 0 spiro atoms. The third-order valence-electron chi connectivity index (χ3n) is 4.01. The van der Waals surface area contributed by atoms with Crippen LogP contribution < -0.4 is 5.32 Å². The molecule has 0 aliphatic heterocycles. The number of hydrogen-bond acceptors (Lipinski definition) is 8. The van der Waals surface area contributed by atoms with Crippen molar-refractivity contribution in [1.29, 1.82) is 0 Å². The van der Waals surface area contributed by atoms with E-state index in [-0.39, 0.29) is 24.4 Å². The molecule has 1 aromatic carbocycles. The predicted molar refractivity (Wildman–Crippen MR) is 107 cm³/mol. The molecule has 0 saturated carbocycles. The van der Waals surface area contributed by atoms with Crippen LogP contribution in [-0.4, -0.2) is 36.2 Å². The fraction of sp³-hybridized carbons (Fsp3) is 0.158. The van der Waals surface area contributed by atoms with Crippen LogP contribution in [0.1, 0.15) is 18.1 Å². The zero-order chi connectivity index (χ0) is 21.6. The van der Waals surface area contributed by atoms with Gasteiger partial charge in [0.15, 0.2) is 11.6 Å². The van der Waals surface area contributed by atoms with E-state index in [0.29, 0.717) is 28.6 Å². The van der Waals surface area contributed by atoms with Gasteiger partial charge in [-0.2, -0.15) is 4.98 Å². The second-order valence-corrected chi connectivity index (χ2v) is 7.22. The molecule has 158 valence electrons. The van der Waals surface area contributed by atoms with Crippen LogP contribution in [-0.2, 0) is 17.0 Å². The van der Waals surface area contributed by atoms with Crippen LogP contribution in [0.25, 0.3) is 11.4 Å². The molecule has 0 fully saturated rings. The number of hydrogen-bond donors (Lipinski definition) is 2. The quantitative estimate of drug-likeness (QED) is 0.397. The molecule has 31 heavy (non-hydrogen) atoms. The highest BCUT2D eigenvalue weighted by molar-refractivity contribution is 7.98. The Hall–Kier alpha value is -3.67. The van der Waals surface area contributed by atoms with E-state index >= 15 is 0 Å². The monoisotopic (exact) mass is 443 g/mol. The van der Waals surface area contributed by atoms with Gasteiger partial charge in [0.1, 0.15) is 11.6 Å². The average molecular weight is 443 g/mol. The second kappa shape index (κ2) is 9.43. The molecular formula is C19H15F2N7O2S. The van der Waals surface area contributed by atoms with Crippen molar-refractivity contribution in [2.45, 2.75) is 23.8 Å². The summed E-state index contributed by atoms with van der Waals surface area (Å²) in [5, 5.41) is 13.7. The Morgan fingerprint density at radius 1 is 1.23 bits per heavy atom. The Kier molecular flexibility index (Phi) is 6.26. The summed E-state index contributed by atoms with van der Waals surface area (Å²) in [4.78, 5) is 24.6. The van der Waals surface area contributed by atoms with Crippen LogP contribution in [0.4, 0.5) is 14.5 Å². The molecule has 0 radical (unpaired) electrons. The molecule has 9 nitrogen and oxygen atoms in total. The number of aromatic amines is 1. The maximum Gasteiger partial charge on any atom is 0.227 e. The largest absolute Gasteiger partial charge is 0.339 e. The molecule has 2 N–H and O–H groups in total. The first-order valence-corrected chi connectivity index (χ1v) is 10.1. The fourth-order valence-electron chi connectivity index (χ4n) is 2.55. The smallest absolute Gasteiger partial charge is 0.227 e. The van der Waals surface area contributed by atoms with Crippen LogP contribution in [0.2, 0.25) is 0 Å². The van der Waals surface area contributed by atoms with Crippen LogP contribution in [0, 0.1) is 11.6 Å². The van der Waals surface area contributed by atoms with Gasteiger partial charge < -0.3 is 9.84 Å². The number of H-pyrrole nitrogens is 1. The topological polar surface area (TPSA) is 122 Å². The molecule has 0 unspecified atom stereocenters. The average Bonchev–Trinajstić information content (AvgIpc) is 3.43. The standard InChI is InChI=1S/C19H15F2N7O2S/c20-12-3-4-14(13(21)8-12)23-16(29)5-6-17-24-15(28-30-17)10-31-19-25-18(26-27-19)11-2-1-7-22-9-11/h1-4,7-9H,5-6,10H2,(H,23,29)(H,25,26,27). The molecular weight excluding hydrogens is 428 g/mol. The number of pyridine rings is 1. The lowest BCUT2D eigenvalue weighted by atomic mass is 10.2. The van der Waals surface area contributed by atoms with Gasteiger partial charge in [-0.25, -0.2) is 13.8 Å². The number of halogens is 2. The van der Waals surface area contributed by atoms with Crippen molar-refractivity contribution in [2.24, 2.45) is 0 Å². The van der Waals surface area contributed by atoms with E-state index in [9.17, 15) is 13.6 Å². The zero-order valence-electron chi connectivity index (χ0n) is 15.9. The number of anilines is 1. The highest BCUT2D eigenvalue weighted by Crippen LogP contribution is 2.21. The Bertz CT molecular complexity index is 1180. The molecule has 4 aromatic rings. The van der Waals surface area contributed by atoms with Gasteiger partial charge >= 0.3 is 0 Å². The maximum absolute atomic E-state index is 13.6. The first-order chi connectivity index (χ1) is 15.1. The van der Waals surface area contributed by atoms with Crippen molar-refractivity contribution in [3.8, 4) is 11.4 Å². The van der Waals surface area contributed by atoms with E-state index in [1.165, 1.54) is 11.8 Å². The van der Waals surface area contributed by atoms with E-state index in [0.717, 1.165) is 17.7 Å². The van der Waals surface area contributed by atoms with Crippen molar-refractivity contribution in [3.05, 3.63) is 66.1 Å². The van der Waals surface area contributed by atoms with E-state index in [4.69, 9.17) is 4.52 Å². The number of nitrogens with zero attached hydrogens (tertiary/aromatic N) is 5. The minimum absolute atomic E-state index is 0.000978. The lowest BCUT2D eigenvalue weighted by molar-refractivity contribution is -0.116. The summed E-state index contributed by atoms with van der Waals surface area (Å²) in [7, 11) is 0. The normalized spacial score (nSPS) is 10.9. The molecule has 3 heterocycles. The zero-order valence-corrected chi connectivity index (χ0v) is 16.7. The van der Waals surface area contributed by atoms with Crippen molar-refractivity contribution in [3.63, 3.8) is 0 Å². The summed E-state index contributed by atoms with van der Waals surface area (Å²) in [6, 6.07) is 6.60. The summed E-state index contributed by atoms with van der Waals surface area (Å²) >= 11 is 1.32. The van der Waals surface area contributed by atoms with Crippen molar-refractivity contribution < 1.29 is 18.1 Å². The molecule has 3 aromatic heterocycles. The van der Waals surface area contributed by atoms with E-state index in [2.05, 4.69) is 35.6 Å². The number of amides is 1. The van der Waals surface area contributed by atoms with Gasteiger partial charge in [0.05, 0.1) is 11.4 Å². The van der Waals surface area contributed by atoms with Gasteiger partial charge in [-0.3, -0.25) is 14.9 Å². The number of carbonyl (C=O) groups excluding carboxylic acids is 1. The van der Waals surface area contributed by atoms with Crippen molar-refractivity contribution >= 4 is 23.4 Å². The summed E-state index contributed by atoms with van der Waals surface area (Å²) < 4.78 is 31.6. The molecule has 4 rings (SSSR count). The molecule has 0 aliphatic rings. The van der Waals surface area contributed by atoms with E-state index in [1.54, 1.807) is 12.4 Å². The number of carbonyl (C=O) groups is 1. The molecule has 0 atom stereocenters. The van der Waals surface area contributed by atoms with E-state index in [1.807, 2.05) is 12.1 Å². The first-order valence-electron chi connectivity index (χ1n) is 9.09. The van der Waals surface area contributed by atoms with Gasteiger partial charge in [0.25, 0.3) is 0 Å². The molecule has 0 aliphatic carbocycles. The fourth-order valence-corrected chi connectivity index (χ4v) is 3.19. The third-order valence-corrected chi connectivity index (χ3v) is 4.85. The van der Waals surface area contributed by atoms with Gasteiger partial charge in [-0.1, -0.05) is 16.9 Å². The van der Waals surface area contributed by atoms with Crippen molar-refractivity contribution in [1.82, 2.24) is 30.3 Å². The number of aryl methyl sites for hydroxylation is 1. The number of nitrogens with one attached hydrogen (secondary N) is 2. The van der Waals surface area contributed by atoms with Crippen LogP contribution in [0.15, 0.2) is 52.4 Å². The van der Waals surface area contributed by atoms with Gasteiger partial charge in [0, 0.05) is 36.9 Å². The summed E-state index contributed by atoms with van der Waals surface area (Å²) in [5.41, 5.74) is 0.730. The number of benzene rings is 1. The lowest BCUT2D eigenvalue weighted by Gasteiger charge is -2.05. The summed E-state index contributed by atoms with van der Waals surface area (Å²) in [6.07, 6.45) is 3.54. The highest BCUT2D eigenvalue weighted by Gasteiger charge is 2.13. The minimum atomic E-state index is -0.843. The Morgan fingerprint density at radius 3 is 2.94 bits per heavy atom. The SMILES string of the molecule is O=C(CCc1nc(CSc2n[nH]c(-c3cccnc3)n2)no1)Nc1ccc(F)cc1F. The summed E-state index contributed by atoms with van der Waals surface area (Å²) in [5.74, 6) is -0.333. The second-order valence-electron chi connectivity index (χ2n) is 6.27. The molecule has 0 bridgehead atoms. The molecule has 1 amide bonds. The highest BCUT2D eigenvalue weighted by atomic mass is 32.2. The third kappa shape index (κ3) is 5.48. The van der Waals surface area contributed by atoms with Crippen molar-refractivity contribution in [2.75, 3.05) is 5.32 Å². The lowest BCUT2D eigenvalue weighted by Crippen LogP contribution is -2.13. The Balaban J connectivity index is 1.26. The number of rotatable bonds is 8.